The minimum Gasteiger partial charge on any atom is -0.480 e. The summed E-state index contributed by atoms with van der Waals surface area (Å²) in [5, 5.41) is 8.47. The zero-order valence-corrected chi connectivity index (χ0v) is 11.1. The number of benzene rings is 1. The smallest absolute Gasteiger partial charge is 0.324 e. The molecule has 0 aliphatic rings. The van der Waals surface area contributed by atoms with E-state index in [1.165, 1.54) is 12.1 Å². The van der Waals surface area contributed by atoms with Crippen LogP contribution in [-0.4, -0.2) is 25.0 Å². The lowest BCUT2D eigenvalue weighted by molar-refractivity contribution is -0.142. The lowest BCUT2D eigenvalue weighted by atomic mass is 10.1. The number of sulfonamides is 1. The highest BCUT2D eigenvalue weighted by molar-refractivity contribution is 7.89. The van der Waals surface area contributed by atoms with Crippen LogP contribution in [0.2, 0.25) is 5.02 Å². The zero-order valence-electron chi connectivity index (χ0n) is 9.57. The molecule has 0 spiro atoms. The van der Waals surface area contributed by atoms with Crippen molar-refractivity contribution in [2.45, 2.75) is 24.3 Å². The first kappa shape index (κ1) is 14.9. The summed E-state index contributed by atoms with van der Waals surface area (Å²) in [6, 6.07) is 3.45. The molecule has 0 heterocycles. The van der Waals surface area contributed by atoms with Crippen molar-refractivity contribution in [1.29, 1.82) is 0 Å². The number of aliphatic carboxylic acids is 1. The molecule has 100 valence electrons. The Hall–Kier alpha value is -1.18. The van der Waals surface area contributed by atoms with Crippen LogP contribution in [0, 0.1) is 5.82 Å². The maximum Gasteiger partial charge on any atom is 0.324 e. The number of halogens is 2. The minimum absolute atomic E-state index is 0.356. The van der Waals surface area contributed by atoms with Gasteiger partial charge in [-0.1, -0.05) is 17.7 Å². The van der Waals surface area contributed by atoms with Crippen LogP contribution in [0.4, 0.5) is 4.39 Å². The first-order valence-corrected chi connectivity index (χ1v) is 6.65. The third-order valence-corrected chi connectivity index (χ3v) is 4.10. The highest BCUT2D eigenvalue weighted by atomic mass is 35.5. The Balaban J connectivity index is 3.24. The minimum atomic E-state index is -4.31. The summed E-state index contributed by atoms with van der Waals surface area (Å²) in [4.78, 5) is 10.1. The van der Waals surface area contributed by atoms with E-state index in [4.69, 9.17) is 16.7 Å². The van der Waals surface area contributed by atoms with Crippen molar-refractivity contribution in [3.63, 3.8) is 0 Å². The van der Waals surface area contributed by atoms with Gasteiger partial charge in [0.1, 0.15) is 10.4 Å². The van der Waals surface area contributed by atoms with Gasteiger partial charge in [-0.25, -0.2) is 12.8 Å². The van der Waals surface area contributed by atoms with E-state index in [2.05, 4.69) is 0 Å². The number of carboxylic acids is 1. The fourth-order valence-electron chi connectivity index (χ4n) is 1.13. The predicted molar refractivity (Wildman–Crippen MR) is 63.4 cm³/mol. The fraction of sp³-hybridized carbons (Fsp3) is 0.300. The molecule has 8 heteroatoms. The van der Waals surface area contributed by atoms with Gasteiger partial charge < -0.3 is 5.11 Å². The molecule has 0 aliphatic heterocycles. The fourth-order valence-corrected chi connectivity index (χ4v) is 2.83. The first-order valence-electron chi connectivity index (χ1n) is 4.79. The molecule has 0 atom stereocenters. The van der Waals surface area contributed by atoms with E-state index in [9.17, 15) is 17.6 Å². The van der Waals surface area contributed by atoms with Gasteiger partial charge in [0.2, 0.25) is 10.0 Å². The molecule has 2 N–H and O–H groups in total. The molecular formula is C10H11ClFNO4S. The molecule has 1 aromatic rings. The summed E-state index contributed by atoms with van der Waals surface area (Å²) in [6.45, 7) is 2.30. The lowest BCUT2D eigenvalue weighted by Gasteiger charge is -2.21. The summed E-state index contributed by atoms with van der Waals surface area (Å²) < 4.78 is 39.2. The Morgan fingerprint density at radius 1 is 1.44 bits per heavy atom. The van der Waals surface area contributed by atoms with E-state index >= 15 is 0 Å². The van der Waals surface area contributed by atoms with E-state index in [0.717, 1.165) is 19.9 Å². The molecule has 5 nitrogen and oxygen atoms in total. The maximum atomic E-state index is 13.6. The van der Waals surface area contributed by atoms with Crippen LogP contribution in [0.15, 0.2) is 23.1 Å². The summed E-state index contributed by atoms with van der Waals surface area (Å²) in [5.74, 6) is -2.50. The number of carboxylic acid groups (broad SMARTS) is 1. The number of rotatable bonds is 4. The van der Waals surface area contributed by atoms with Crippen LogP contribution >= 0.6 is 11.6 Å². The van der Waals surface area contributed by atoms with Crippen LogP contribution in [0.3, 0.4) is 0 Å². The Morgan fingerprint density at radius 3 is 2.50 bits per heavy atom. The third-order valence-electron chi connectivity index (χ3n) is 2.13. The number of hydrogen-bond acceptors (Lipinski definition) is 3. The molecule has 0 saturated heterocycles. The second-order valence-electron chi connectivity index (χ2n) is 4.09. The molecule has 1 rings (SSSR count). The second kappa shape index (κ2) is 4.83. The van der Waals surface area contributed by atoms with Crippen molar-refractivity contribution in [2.75, 3.05) is 0 Å². The average molecular weight is 296 g/mol. The van der Waals surface area contributed by atoms with Gasteiger partial charge in [-0.15, -0.1) is 0 Å². The monoisotopic (exact) mass is 295 g/mol. The molecule has 0 fully saturated rings. The van der Waals surface area contributed by atoms with Crippen molar-refractivity contribution in [1.82, 2.24) is 4.72 Å². The van der Waals surface area contributed by atoms with E-state index in [1.807, 2.05) is 4.72 Å². The molecule has 0 aliphatic carbocycles. The van der Waals surface area contributed by atoms with Gasteiger partial charge in [0, 0.05) is 0 Å². The summed E-state index contributed by atoms with van der Waals surface area (Å²) in [7, 11) is -4.31. The Bertz CT molecular complexity index is 586. The molecule has 0 radical (unpaired) electrons. The van der Waals surface area contributed by atoms with Gasteiger partial charge in [0.15, 0.2) is 5.82 Å². The van der Waals surface area contributed by atoms with E-state index in [1.54, 1.807) is 0 Å². The predicted octanol–water partition coefficient (Wildman–Crippen LogP) is 1.62. The normalized spacial score (nSPS) is 12.4. The van der Waals surface area contributed by atoms with Crippen molar-refractivity contribution >= 4 is 27.6 Å². The van der Waals surface area contributed by atoms with Crippen LogP contribution in [0.25, 0.3) is 0 Å². The van der Waals surface area contributed by atoms with Crippen molar-refractivity contribution in [3.05, 3.63) is 29.0 Å². The SMILES string of the molecule is CC(C)(NS(=O)(=O)c1cccc(Cl)c1F)C(=O)O. The zero-order chi connectivity index (χ0) is 14.1. The quantitative estimate of drug-likeness (QED) is 0.884. The van der Waals surface area contributed by atoms with Crippen LogP contribution in [0.1, 0.15) is 13.8 Å². The van der Waals surface area contributed by atoms with E-state index in [-0.39, 0.29) is 5.02 Å². The standard InChI is InChI=1S/C10H11ClFNO4S/c1-10(2,9(14)15)13-18(16,17)7-5-3-4-6(11)8(7)12/h3-5,13H,1-2H3,(H,14,15). The number of carbonyl (C=O) groups is 1. The molecule has 0 amide bonds. The van der Waals surface area contributed by atoms with Crippen LogP contribution < -0.4 is 4.72 Å². The van der Waals surface area contributed by atoms with Gasteiger partial charge in [-0.3, -0.25) is 4.79 Å². The average Bonchev–Trinajstić information content (AvgIpc) is 2.20. The Morgan fingerprint density at radius 2 is 2.00 bits per heavy atom. The molecule has 0 aromatic heterocycles. The van der Waals surface area contributed by atoms with Crippen LogP contribution in [-0.2, 0) is 14.8 Å². The van der Waals surface area contributed by atoms with Crippen LogP contribution in [0.5, 0.6) is 0 Å². The van der Waals surface area contributed by atoms with Gasteiger partial charge >= 0.3 is 5.97 Å². The van der Waals surface area contributed by atoms with Crippen molar-refractivity contribution in [2.24, 2.45) is 0 Å². The second-order valence-corrected chi connectivity index (χ2v) is 6.15. The van der Waals surface area contributed by atoms with Gasteiger partial charge in [-0.05, 0) is 26.0 Å². The van der Waals surface area contributed by atoms with Gasteiger partial charge in [0.25, 0.3) is 0 Å². The van der Waals surface area contributed by atoms with Crippen molar-refractivity contribution in [3.8, 4) is 0 Å². The highest BCUT2D eigenvalue weighted by Gasteiger charge is 2.34. The summed E-state index contributed by atoms with van der Waals surface area (Å²) >= 11 is 5.47. The lowest BCUT2D eigenvalue weighted by Crippen LogP contribution is -2.49. The third kappa shape index (κ3) is 2.98. The molecule has 0 saturated carbocycles. The van der Waals surface area contributed by atoms with E-state index < -0.39 is 32.2 Å². The van der Waals surface area contributed by atoms with Gasteiger partial charge in [-0.2, -0.15) is 4.72 Å². The van der Waals surface area contributed by atoms with Gasteiger partial charge in [0.05, 0.1) is 5.02 Å². The highest BCUT2D eigenvalue weighted by Crippen LogP contribution is 2.22. The number of nitrogens with one attached hydrogen (secondary N) is 1. The maximum absolute atomic E-state index is 13.6. The molecule has 18 heavy (non-hydrogen) atoms. The topological polar surface area (TPSA) is 83.5 Å². The molecule has 1 aromatic carbocycles. The molecule has 0 unspecified atom stereocenters. The Labute approximate surface area is 109 Å². The summed E-state index contributed by atoms with van der Waals surface area (Å²) in [5.41, 5.74) is -1.76. The summed E-state index contributed by atoms with van der Waals surface area (Å²) in [6.07, 6.45) is 0. The molecular weight excluding hydrogens is 285 g/mol. The van der Waals surface area contributed by atoms with Crippen molar-refractivity contribution < 1.29 is 22.7 Å². The Kier molecular flexibility index (Phi) is 3.99. The van der Waals surface area contributed by atoms with E-state index in [0.29, 0.717) is 0 Å². The molecule has 0 bridgehead atoms. The number of hydrogen-bond donors (Lipinski definition) is 2. The first-order chi connectivity index (χ1) is 8.08. The largest absolute Gasteiger partial charge is 0.480 e.